The molecule has 0 saturated heterocycles. The monoisotopic (exact) mass is 146 g/mol. The average Bonchev–Trinajstić information content (AvgIpc) is 1.59. The zero-order valence-corrected chi connectivity index (χ0v) is 7.03. The number of nitrogens with two attached hydrogens (primary N) is 1. The number of nitroso groups, excluding NO2 is 1. The smallest absolute Gasteiger partial charge is 0.245 e. The van der Waals surface area contributed by atoms with Gasteiger partial charge in [0.2, 0.25) is 0 Å². The van der Waals surface area contributed by atoms with Gasteiger partial charge in [-0.2, -0.15) is 5.84 Å². The maximum atomic E-state index is 10.7. The molecule has 0 aromatic heterocycles. The number of rotatable bonds is 3. The molecule has 0 rings (SSSR count). The molecule has 1 unspecified atom stereocenters. The second-order valence-corrected chi connectivity index (χ2v) is 2.98. The molecule has 0 saturated carbocycles. The molecule has 4 nitrogen and oxygen atoms in total. The maximum Gasteiger partial charge on any atom is 0.291 e. The molecule has 0 bridgehead atoms. The van der Waals surface area contributed by atoms with Gasteiger partial charge in [0.25, 0.3) is 6.17 Å². The van der Waals surface area contributed by atoms with Gasteiger partial charge in [-0.1, -0.05) is 13.8 Å². The lowest BCUT2D eigenvalue weighted by molar-refractivity contribution is -0.625. The quantitative estimate of drug-likeness (QED) is 0.267. The molecule has 0 aromatic carbocycles. The minimum Gasteiger partial charge on any atom is -0.245 e. The Balaban J connectivity index is 4.12. The lowest BCUT2D eigenvalue weighted by atomic mass is 10.1. The Morgan fingerprint density at radius 3 is 1.80 bits per heavy atom. The first-order valence-electron chi connectivity index (χ1n) is 3.34. The molecule has 4 heteroatoms. The van der Waals surface area contributed by atoms with E-state index in [2.05, 4.69) is 0 Å². The summed E-state index contributed by atoms with van der Waals surface area (Å²) in [6.45, 7) is 3.92. The van der Waals surface area contributed by atoms with Crippen molar-refractivity contribution < 1.29 is 4.87 Å². The van der Waals surface area contributed by atoms with Crippen LogP contribution in [-0.4, -0.2) is 30.0 Å². The molecule has 0 aromatic rings. The van der Waals surface area contributed by atoms with Crippen LogP contribution in [0.1, 0.15) is 13.8 Å². The van der Waals surface area contributed by atoms with Gasteiger partial charge in [0.05, 0.1) is 4.91 Å². The second kappa shape index (κ2) is 3.51. The van der Waals surface area contributed by atoms with Crippen molar-refractivity contribution in [1.82, 2.24) is 4.90 Å². The molecule has 0 spiro atoms. The number of hydrogen-bond donors (Lipinski definition) is 1. The van der Waals surface area contributed by atoms with Crippen LogP contribution in [-0.2, 0) is 0 Å². The first kappa shape index (κ1) is 9.36. The van der Waals surface area contributed by atoms with E-state index >= 15 is 0 Å². The van der Waals surface area contributed by atoms with Crippen LogP contribution in [0.15, 0.2) is 0 Å². The molecule has 0 amide bonds. The third-order valence-electron chi connectivity index (χ3n) is 1.39. The van der Waals surface area contributed by atoms with E-state index in [0.29, 0.717) is 4.87 Å². The van der Waals surface area contributed by atoms with Crippen LogP contribution >= 0.6 is 0 Å². The Bertz CT molecular complexity index is 114. The first-order chi connectivity index (χ1) is 4.46. The highest BCUT2D eigenvalue weighted by Crippen LogP contribution is 2.05. The van der Waals surface area contributed by atoms with E-state index in [1.165, 1.54) is 0 Å². The molecular weight excluding hydrogens is 130 g/mol. The highest BCUT2D eigenvalue weighted by Gasteiger charge is 2.28. The molecule has 60 valence electrons. The van der Waals surface area contributed by atoms with Crippen molar-refractivity contribution in [3.63, 3.8) is 0 Å². The van der Waals surface area contributed by atoms with Crippen LogP contribution in [0.25, 0.3) is 0 Å². The van der Waals surface area contributed by atoms with E-state index in [4.69, 9.17) is 5.84 Å². The van der Waals surface area contributed by atoms with Crippen LogP contribution in [0.2, 0.25) is 0 Å². The summed E-state index contributed by atoms with van der Waals surface area (Å²) in [5, 5.41) is 0. The topological polar surface area (TPSA) is 49.3 Å². The Morgan fingerprint density at radius 2 is 1.80 bits per heavy atom. The van der Waals surface area contributed by atoms with Gasteiger partial charge in [-0.05, 0) is 14.1 Å². The first-order valence-corrected chi connectivity index (χ1v) is 3.34. The van der Waals surface area contributed by atoms with Crippen LogP contribution in [0.4, 0.5) is 0 Å². The van der Waals surface area contributed by atoms with Crippen LogP contribution in [0.3, 0.4) is 0 Å². The number of hydrogen-bond acceptors (Lipinski definition) is 2. The van der Waals surface area contributed by atoms with Crippen molar-refractivity contribution in [3.8, 4) is 0 Å². The van der Waals surface area contributed by atoms with Gasteiger partial charge in [-0.3, -0.25) is 0 Å². The lowest BCUT2D eigenvalue weighted by Crippen LogP contribution is -2.44. The number of hydrazine groups is 1. The predicted octanol–water partition coefficient (Wildman–Crippen LogP) is 0.183. The Kier molecular flexibility index (Phi) is 3.28. The van der Waals surface area contributed by atoms with E-state index in [-0.39, 0.29) is 12.1 Å². The standard InChI is InChI=1S/C6H16N3O/c1-5(2)6(8(3)4)9(7)10/h5-6H,1-4H3,(H2,7,10)/q+1. The highest BCUT2D eigenvalue weighted by atomic mass is 16.3. The Morgan fingerprint density at radius 1 is 1.40 bits per heavy atom. The molecule has 1 atom stereocenters. The fourth-order valence-corrected chi connectivity index (χ4v) is 1.12. The summed E-state index contributed by atoms with van der Waals surface area (Å²) in [4.78, 5) is 13.0. The van der Waals surface area contributed by atoms with Crippen molar-refractivity contribution in [1.29, 1.82) is 0 Å². The molecule has 0 aliphatic rings. The summed E-state index contributed by atoms with van der Waals surface area (Å²) in [5.74, 6) is 5.32. The zero-order chi connectivity index (χ0) is 8.31. The van der Waals surface area contributed by atoms with E-state index in [1.807, 2.05) is 27.9 Å². The Labute approximate surface area is 61.5 Å². The van der Waals surface area contributed by atoms with E-state index in [1.54, 1.807) is 4.90 Å². The van der Waals surface area contributed by atoms with Crippen LogP contribution < -0.4 is 5.84 Å². The van der Waals surface area contributed by atoms with Crippen molar-refractivity contribution in [2.24, 2.45) is 11.8 Å². The molecular formula is C6H16N3O+. The summed E-state index contributed by atoms with van der Waals surface area (Å²) < 4.78 is 0. The fraction of sp³-hybridized carbons (Fsp3) is 1.00. The van der Waals surface area contributed by atoms with Crippen LogP contribution in [0.5, 0.6) is 0 Å². The van der Waals surface area contributed by atoms with Crippen molar-refractivity contribution in [2.45, 2.75) is 20.0 Å². The summed E-state index contributed by atoms with van der Waals surface area (Å²) in [5.41, 5.74) is 0. The zero-order valence-electron chi connectivity index (χ0n) is 7.03. The van der Waals surface area contributed by atoms with Gasteiger partial charge in [0.1, 0.15) is 4.87 Å². The van der Waals surface area contributed by atoms with Gasteiger partial charge in [0.15, 0.2) is 0 Å². The van der Waals surface area contributed by atoms with Gasteiger partial charge < -0.3 is 0 Å². The van der Waals surface area contributed by atoms with E-state index in [0.717, 1.165) is 0 Å². The summed E-state index contributed by atoms with van der Waals surface area (Å²) in [6.07, 6.45) is -0.222. The molecule has 0 radical (unpaired) electrons. The molecule has 0 aliphatic heterocycles. The van der Waals surface area contributed by atoms with Crippen molar-refractivity contribution >= 4 is 0 Å². The third-order valence-corrected chi connectivity index (χ3v) is 1.39. The average molecular weight is 146 g/mol. The van der Waals surface area contributed by atoms with Crippen molar-refractivity contribution in [2.75, 3.05) is 14.1 Å². The SMILES string of the molecule is CC(C)C(N(C)C)[N+](N)=O. The fourth-order valence-electron chi connectivity index (χ4n) is 1.12. The predicted molar refractivity (Wildman–Crippen MR) is 40.1 cm³/mol. The molecule has 0 heterocycles. The minimum absolute atomic E-state index is 0.222. The second-order valence-electron chi connectivity index (χ2n) is 2.98. The largest absolute Gasteiger partial charge is 0.291 e. The van der Waals surface area contributed by atoms with Gasteiger partial charge in [-0.15, -0.1) is 0 Å². The lowest BCUT2D eigenvalue weighted by Gasteiger charge is -2.16. The Hall–Kier alpha value is -0.640. The third kappa shape index (κ3) is 2.31. The highest BCUT2D eigenvalue weighted by molar-refractivity contribution is 4.55. The number of nitrogens with zero attached hydrogens (tertiary/aromatic N) is 2. The summed E-state index contributed by atoms with van der Waals surface area (Å²) in [6, 6.07) is 0. The van der Waals surface area contributed by atoms with Gasteiger partial charge in [0, 0.05) is 5.92 Å². The summed E-state index contributed by atoms with van der Waals surface area (Å²) in [7, 11) is 3.67. The van der Waals surface area contributed by atoms with Crippen molar-refractivity contribution in [3.05, 3.63) is 4.91 Å². The van der Waals surface area contributed by atoms with Crippen LogP contribution in [0, 0.1) is 10.8 Å². The minimum atomic E-state index is -0.222. The molecule has 2 N–H and O–H groups in total. The maximum absolute atomic E-state index is 10.7. The molecule has 0 aliphatic carbocycles. The van der Waals surface area contributed by atoms with Gasteiger partial charge >= 0.3 is 0 Å². The molecule has 0 fully saturated rings. The normalized spacial score (nSPS) is 14.2. The van der Waals surface area contributed by atoms with E-state index < -0.39 is 0 Å². The summed E-state index contributed by atoms with van der Waals surface area (Å²) >= 11 is 0. The van der Waals surface area contributed by atoms with E-state index in [9.17, 15) is 4.91 Å². The van der Waals surface area contributed by atoms with Gasteiger partial charge in [-0.25, -0.2) is 4.90 Å². The molecule has 10 heavy (non-hydrogen) atoms.